The molecule has 11 heteroatoms. The molecular weight excluding hydrogens is 392 g/mol. The third-order valence-corrected chi connectivity index (χ3v) is 4.17. The van der Waals surface area contributed by atoms with E-state index in [1.807, 2.05) is 13.8 Å². The van der Waals surface area contributed by atoms with Crippen molar-refractivity contribution in [3.8, 4) is 11.5 Å². The quantitative estimate of drug-likeness (QED) is 0.379. The Morgan fingerprint density at radius 3 is 2.37 bits per heavy atom. The van der Waals surface area contributed by atoms with E-state index in [0.717, 1.165) is 0 Å². The predicted molar refractivity (Wildman–Crippen MR) is 112 cm³/mol. The van der Waals surface area contributed by atoms with E-state index in [1.54, 1.807) is 18.2 Å². The van der Waals surface area contributed by atoms with Gasteiger partial charge in [-0.3, -0.25) is 19.4 Å². The summed E-state index contributed by atoms with van der Waals surface area (Å²) in [6, 6.07) is 4.13. The van der Waals surface area contributed by atoms with Crippen LogP contribution in [0.2, 0.25) is 0 Å². The van der Waals surface area contributed by atoms with Gasteiger partial charge in [-0.15, -0.1) is 0 Å². The minimum absolute atomic E-state index is 0.0302. The first kappa shape index (κ1) is 22.5. The van der Waals surface area contributed by atoms with Gasteiger partial charge in [0.1, 0.15) is 11.6 Å². The maximum absolute atomic E-state index is 12.5. The Morgan fingerprint density at radius 2 is 1.83 bits per heavy atom. The third kappa shape index (κ3) is 5.40. The van der Waals surface area contributed by atoms with Crippen LogP contribution >= 0.6 is 0 Å². The number of methoxy groups -OCH3 is 2. The number of aromatic amines is 1. The number of hydrogen-bond acceptors (Lipinski definition) is 8. The van der Waals surface area contributed by atoms with E-state index in [0.29, 0.717) is 23.6 Å². The van der Waals surface area contributed by atoms with Gasteiger partial charge >= 0.3 is 0 Å². The number of primary amides is 2. The maximum Gasteiger partial charge on any atom is 0.267 e. The average Bonchev–Trinajstić information content (AvgIpc) is 2.66. The van der Waals surface area contributed by atoms with Crippen molar-refractivity contribution >= 4 is 29.3 Å². The second kappa shape index (κ2) is 9.63. The van der Waals surface area contributed by atoms with Gasteiger partial charge in [-0.1, -0.05) is 13.8 Å². The molecule has 0 aliphatic carbocycles. The fourth-order valence-corrected chi connectivity index (χ4v) is 2.79. The minimum atomic E-state index is -0.966. The van der Waals surface area contributed by atoms with Gasteiger partial charge in [0, 0.05) is 11.8 Å². The van der Waals surface area contributed by atoms with Crippen molar-refractivity contribution in [2.45, 2.75) is 26.3 Å². The van der Waals surface area contributed by atoms with Crippen molar-refractivity contribution in [2.75, 3.05) is 24.9 Å². The van der Waals surface area contributed by atoms with Crippen LogP contribution < -0.4 is 37.1 Å². The lowest BCUT2D eigenvalue weighted by Gasteiger charge is -2.19. The third-order valence-electron chi connectivity index (χ3n) is 4.17. The molecule has 1 aromatic heterocycles. The lowest BCUT2D eigenvalue weighted by molar-refractivity contribution is -0.119. The van der Waals surface area contributed by atoms with Crippen LogP contribution in [0.5, 0.6) is 11.5 Å². The smallest absolute Gasteiger partial charge is 0.267 e. The Morgan fingerprint density at radius 1 is 1.17 bits per heavy atom. The highest BCUT2D eigenvalue weighted by atomic mass is 16.5. The van der Waals surface area contributed by atoms with Crippen LogP contribution in [0, 0.1) is 5.92 Å². The zero-order valence-corrected chi connectivity index (χ0v) is 17.2. The SMILES string of the molecule is COc1ccc(Nc2nc(N[C@H](CC(C)C)C(N)=O)[nH]c(=O)c2C(N)=O)cc1OC. The predicted octanol–water partition coefficient (Wildman–Crippen LogP) is 0.942. The standard InChI is InChI=1S/C19H26N6O5/c1-9(2)7-11(15(20)26)23-19-24-17(14(16(21)27)18(28)25-19)22-10-5-6-12(29-3)13(8-10)30-4/h5-6,8-9,11H,7H2,1-4H3,(H2,20,26)(H2,21,27)(H3,22,23,24,25,28)/t11-/m1/s1. The number of benzene rings is 1. The van der Waals surface area contributed by atoms with Crippen LogP contribution in [0.15, 0.2) is 23.0 Å². The largest absolute Gasteiger partial charge is 0.493 e. The summed E-state index contributed by atoms with van der Waals surface area (Å²) in [5, 5.41) is 5.69. The number of hydrogen-bond donors (Lipinski definition) is 5. The Labute approximate surface area is 173 Å². The molecule has 0 bridgehead atoms. The Hall–Kier alpha value is -3.76. The molecule has 1 aromatic carbocycles. The number of rotatable bonds is 10. The summed E-state index contributed by atoms with van der Waals surface area (Å²) in [4.78, 5) is 42.6. The molecule has 2 amide bonds. The summed E-state index contributed by atoms with van der Waals surface area (Å²) < 4.78 is 10.4. The summed E-state index contributed by atoms with van der Waals surface area (Å²) in [6.07, 6.45) is 0.426. The molecule has 2 aromatic rings. The van der Waals surface area contributed by atoms with Gasteiger partial charge in [-0.05, 0) is 24.5 Å². The lowest BCUT2D eigenvalue weighted by Crippen LogP contribution is -2.38. The molecule has 7 N–H and O–H groups in total. The van der Waals surface area contributed by atoms with Crippen molar-refractivity contribution < 1.29 is 19.1 Å². The summed E-state index contributed by atoms with van der Waals surface area (Å²) in [6.45, 7) is 3.85. The van der Waals surface area contributed by atoms with Gasteiger partial charge in [0.2, 0.25) is 11.9 Å². The molecule has 11 nitrogen and oxygen atoms in total. The van der Waals surface area contributed by atoms with Crippen molar-refractivity contribution in [3.05, 3.63) is 34.1 Å². The Kier molecular flexibility index (Phi) is 7.23. The minimum Gasteiger partial charge on any atom is -0.493 e. The second-order valence-electron chi connectivity index (χ2n) is 6.93. The van der Waals surface area contributed by atoms with Crippen LogP contribution in [0.3, 0.4) is 0 Å². The summed E-state index contributed by atoms with van der Waals surface area (Å²) in [5.74, 6) is -0.594. The molecule has 0 spiro atoms. The van der Waals surface area contributed by atoms with E-state index >= 15 is 0 Å². The van der Waals surface area contributed by atoms with E-state index in [1.165, 1.54) is 14.2 Å². The van der Waals surface area contributed by atoms with Gasteiger partial charge in [-0.2, -0.15) is 4.98 Å². The number of H-pyrrole nitrogens is 1. The first-order valence-corrected chi connectivity index (χ1v) is 9.15. The number of carbonyl (C=O) groups excluding carboxylic acids is 2. The van der Waals surface area contributed by atoms with Crippen LogP contribution in [0.1, 0.15) is 30.6 Å². The first-order chi connectivity index (χ1) is 14.2. The molecule has 0 aliphatic heterocycles. The van der Waals surface area contributed by atoms with Crippen molar-refractivity contribution in [1.29, 1.82) is 0 Å². The highest BCUT2D eigenvalue weighted by molar-refractivity contribution is 5.98. The highest BCUT2D eigenvalue weighted by Gasteiger charge is 2.21. The van der Waals surface area contributed by atoms with Crippen molar-refractivity contribution in [3.63, 3.8) is 0 Å². The first-order valence-electron chi connectivity index (χ1n) is 9.15. The topological polar surface area (TPSA) is 174 Å². The molecule has 0 radical (unpaired) electrons. The Balaban J connectivity index is 2.46. The summed E-state index contributed by atoms with van der Waals surface area (Å²) >= 11 is 0. The zero-order valence-electron chi connectivity index (χ0n) is 17.2. The van der Waals surface area contributed by atoms with E-state index in [4.69, 9.17) is 20.9 Å². The molecule has 0 saturated heterocycles. The van der Waals surface area contributed by atoms with E-state index in [-0.39, 0.29) is 23.2 Å². The number of anilines is 3. The normalized spacial score (nSPS) is 11.6. The molecule has 162 valence electrons. The molecule has 30 heavy (non-hydrogen) atoms. The number of nitrogens with two attached hydrogens (primary N) is 2. The number of nitrogens with zero attached hydrogens (tertiary/aromatic N) is 1. The molecular formula is C19H26N6O5. The van der Waals surface area contributed by atoms with Gasteiger partial charge < -0.3 is 31.6 Å². The highest BCUT2D eigenvalue weighted by Crippen LogP contribution is 2.31. The molecule has 0 fully saturated rings. The number of nitrogens with one attached hydrogen (secondary N) is 3. The summed E-state index contributed by atoms with van der Waals surface area (Å²) in [5.41, 5.74) is 10.1. The molecule has 2 rings (SSSR count). The number of carbonyl (C=O) groups is 2. The van der Waals surface area contributed by atoms with Crippen LogP contribution in [0.25, 0.3) is 0 Å². The molecule has 1 heterocycles. The van der Waals surface area contributed by atoms with Crippen molar-refractivity contribution in [2.24, 2.45) is 17.4 Å². The Bertz CT molecular complexity index is 988. The second-order valence-corrected chi connectivity index (χ2v) is 6.93. The molecule has 0 saturated carbocycles. The zero-order chi connectivity index (χ0) is 22.4. The average molecular weight is 418 g/mol. The number of aromatic nitrogens is 2. The van der Waals surface area contributed by atoms with Crippen LogP contribution in [-0.2, 0) is 4.79 Å². The number of amides is 2. The van der Waals surface area contributed by atoms with Gasteiger partial charge in [0.05, 0.1) is 14.2 Å². The van der Waals surface area contributed by atoms with Gasteiger partial charge in [0.25, 0.3) is 11.5 Å². The van der Waals surface area contributed by atoms with E-state index in [2.05, 4.69) is 20.6 Å². The molecule has 0 aliphatic rings. The fraction of sp³-hybridized carbons (Fsp3) is 0.368. The maximum atomic E-state index is 12.5. The fourth-order valence-electron chi connectivity index (χ4n) is 2.79. The summed E-state index contributed by atoms with van der Waals surface area (Å²) in [7, 11) is 2.97. The van der Waals surface area contributed by atoms with Gasteiger partial charge in [0.15, 0.2) is 17.3 Å². The van der Waals surface area contributed by atoms with E-state index < -0.39 is 23.4 Å². The van der Waals surface area contributed by atoms with Crippen LogP contribution in [-0.4, -0.2) is 42.0 Å². The van der Waals surface area contributed by atoms with Gasteiger partial charge in [-0.25, -0.2) is 0 Å². The molecule has 1 atom stereocenters. The molecule has 0 unspecified atom stereocenters. The monoisotopic (exact) mass is 418 g/mol. The number of ether oxygens (including phenoxy) is 2. The lowest BCUT2D eigenvalue weighted by atomic mass is 10.0. The van der Waals surface area contributed by atoms with E-state index in [9.17, 15) is 14.4 Å². The van der Waals surface area contributed by atoms with Crippen LogP contribution in [0.4, 0.5) is 17.5 Å². The van der Waals surface area contributed by atoms with Crippen molar-refractivity contribution in [1.82, 2.24) is 9.97 Å².